The molecule has 1 aliphatic rings. The zero-order chi connectivity index (χ0) is 9.84. The van der Waals surface area contributed by atoms with Gasteiger partial charge in [-0.2, -0.15) is 0 Å². The summed E-state index contributed by atoms with van der Waals surface area (Å²) in [5.74, 6) is 0.719. The molecular weight excluding hydrogens is 166 g/mol. The summed E-state index contributed by atoms with van der Waals surface area (Å²) in [5.41, 5.74) is 0. The third-order valence-corrected chi connectivity index (χ3v) is 2.33. The van der Waals surface area contributed by atoms with Crippen LogP contribution in [-0.4, -0.2) is 48.2 Å². The lowest BCUT2D eigenvalue weighted by molar-refractivity contribution is -0.132. The second kappa shape index (κ2) is 4.25. The van der Waals surface area contributed by atoms with Crippen LogP contribution in [0.5, 0.6) is 0 Å². The Morgan fingerprint density at radius 1 is 1.54 bits per heavy atom. The molecule has 1 heterocycles. The monoisotopic (exact) mass is 183 g/mol. The van der Waals surface area contributed by atoms with Gasteiger partial charge in [-0.25, -0.2) is 0 Å². The molecule has 1 aliphatic heterocycles. The van der Waals surface area contributed by atoms with Gasteiger partial charge in [-0.3, -0.25) is 10.2 Å². The lowest BCUT2D eigenvalue weighted by Crippen LogP contribution is -2.50. The fourth-order valence-electron chi connectivity index (χ4n) is 1.38. The second-order valence-electron chi connectivity index (χ2n) is 3.43. The summed E-state index contributed by atoms with van der Waals surface area (Å²) in [5, 5.41) is 7.69. The van der Waals surface area contributed by atoms with Crippen LogP contribution in [0.25, 0.3) is 0 Å². The molecule has 13 heavy (non-hydrogen) atoms. The van der Waals surface area contributed by atoms with Crippen LogP contribution in [0.15, 0.2) is 0 Å². The van der Waals surface area contributed by atoms with Crippen molar-refractivity contribution in [2.24, 2.45) is 0 Å². The molecule has 0 atom stereocenters. The average molecular weight is 183 g/mol. The van der Waals surface area contributed by atoms with Crippen LogP contribution in [0, 0.1) is 5.41 Å². The van der Waals surface area contributed by atoms with E-state index in [4.69, 9.17) is 5.41 Å². The molecule has 0 bridgehead atoms. The third kappa shape index (κ3) is 2.44. The Labute approximate surface area is 79.0 Å². The number of piperazine rings is 1. The van der Waals surface area contributed by atoms with Crippen LogP contribution in [0.1, 0.15) is 19.8 Å². The molecule has 0 radical (unpaired) electrons. The fourth-order valence-corrected chi connectivity index (χ4v) is 1.38. The SMILES string of the molecule is CCCC(=N)N1CCN(C)C(=O)C1. The molecule has 0 aromatic carbocycles. The lowest BCUT2D eigenvalue weighted by Gasteiger charge is -2.33. The van der Waals surface area contributed by atoms with Gasteiger partial charge in [0, 0.05) is 26.6 Å². The van der Waals surface area contributed by atoms with Gasteiger partial charge in [0.05, 0.1) is 12.4 Å². The van der Waals surface area contributed by atoms with Crippen molar-refractivity contribution in [3.63, 3.8) is 0 Å². The van der Waals surface area contributed by atoms with Crippen LogP contribution in [0.4, 0.5) is 0 Å². The predicted molar refractivity (Wildman–Crippen MR) is 51.8 cm³/mol. The Morgan fingerprint density at radius 2 is 2.23 bits per heavy atom. The van der Waals surface area contributed by atoms with Crippen LogP contribution < -0.4 is 0 Å². The Kier molecular flexibility index (Phi) is 3.28. The summed E-state index contributed by atoms with van der Waals surface area (Å²) in [4.78, 5) is 14.9. The lowest BCUT2D eigenvalue weighted by atomic mass is 10.2. The van der Waals surface area contributed by atoms with Gasteiger partial charge in [-0.15, -0.1) is 0 Å². The molecule has 0 spiro atoms. The first-order valence-corrected chi connectivity index (χ1v) is 4.71. The summed E-state index contributed by atoms with van der Waals surface area (Å²) in [6.07, 6.45) is 1.75. The van der Waals surface area contributed by atoms with Gasteiger partial charge < -0.3 is 9.80 Å². The number of amides is 1. The minimum absolute atomic E-state index is 0.118. The Balaban J connectivity index is 2.45. The van der Waals surface area contributed by atoms with Gasteiger partial charge in [-0.1, -0.05) is 6.92 Å². The summed E-state index contributed by atoms with van der Waals surface area (Å²) >= 11 is 0. The quantitative estimate of drug-likeness (QED) is 0.501. The molecular formula is C9H17N3O. The van der Waals surface area contributed by atoms with E-state index in [1.165, 1.54) is 0 Å². The molecule has 0 unspecified atom stereocenters. The minimum atomic E-state index is 0.118. The average Bonchev–Trinajstić information content (AvgIpc) is 2.10. The van der Waals surface area contributed by atoms with E-state index < -0.39 is 0 Å². The first-order chi connectivity index (χ1) is 6.15. The molecule has 0 aliphatic carbocycles. The zero-order valence-corrected chi connectivity index (χ0v) is 8.34. The molecule has 1 fully saturated rings. The van der Waals surface area contributed by atoms with Crippen molar-refractivity contribution in [3.05, 3.63) is 0 Å². The van der Waals surface area contributed by atoms with Crippen molar-refractivity contribution in [1.29, 1.82) is 5.41 Å². The van der Waals surface area contributed by atoms with Gasteiger partial charge >= 0.3 is 0 Å². The second-order valence-corrected chi connectivity index (χ2v) is 3.43. The number of carbonyl (C=O) groups excluding carboxylic acids is 1. The molecule has 74 valence electrons. The van der Waals surface area contributed by atoms with Crippen LogP contribution in [-0.2, 0) is 4.79 Å². The Bertz CT molecular complexity index is 215. The Morgan fingerprint density at radius 3 is 2.77 bits per heavy atom. The molecule has 0 aromatic rings. The summed E-state index contributed by atoms with van der Waals surface area (Å²) in [7, 11) is 1.81. The van der Waals surface area contributed by atoms with Crippen LogP contribution in [0.2, 0.25) is 0 Å². The van der Waals surface area contributed by atoms with Crippen molar-refractivity contribution in [2.45, 2.75) is 19.8 Å². The highest BCUT2D eigenvalue weighted by molar-refractivity contribution is 5.87. The van der Waals surface area contributed by atoms with E-state index in [9.17, 15) is 4.79 Å². The van der Waals surface area contributed by atoms with Crippen LogP contribution >= 0.6 is 0 Å². The number of likely N-dealkylation sites (N-methyl/N-ethyl adjacent to an activating group) is 1. The van der Waals surface area contributed by atoms with Crippen molar-refractivity contribution < 1.29 is 4.79 Å². The fraction of sp³-hybridized carbons (Fsp3) is 0.778. The van der Waals surface area contributed by atoms with Gasteiger partial charge in [0.15, 0.2) is 0 Å². The molecule has 1 rings (SSSR count). The number of nitrogens with one attached hydrogen (secondary N) is 1. The highest BCUT2D eigenvalue weighted by Gasteiger charge is 2.21. The highest BCUT2D eigenvalue weighted by atomic mass is 16.2. The third-order valence-electron chi connectivity index (χ3n) is 2.33. The summed E-state index contributed by atoms with van der Waals surface area (Å²) in [6, 6.07) is 0. The largest absolute Gasteiger partial charge is 0.349 e. The van der Waals surface area contributed by atoms with Gasteiger partial charge in [-0.05, 0) is 6.42 Å². The van der Waals surface area contributed by atoms with Crippen molar-refractivity contribution in [2.75, 3.05) is 26.7 Å². The summed E-state index contributed by atoms with van der Waals surface area (Å²) < 4.78 is 0. The molecule has 1 amide bonds. The minimum Gasteiger partial charge on any atom is -0.349 e. The number of amidine groups is 1. The number of nitrogens with zero attached hydrogens (tertiary/aromatic N) is 2. The van der Waals surface area contributed by atoms with Crippen LogP contribution in [0.3, 0.4) is 0 Å². The number of hydrogen-bond donors (Lipinski definition) is 1. The number of hydrogen-bond acceptors (Lipinski definition) is 2. The van der Waals surface area contributed by atoms with Crippen molar-refractivity contribution >= 4 is 11.7 Å². The first-order valence-electron chi connectivity index (χ1n) is 4.71. The van der Waals surface area contributed by atoms with E-state index in [1.807, 2.05) is 18.9 Å². The molecule has 4 heteroatoms. The number of rotatable bonds is 2. The zero-order valence-electron chi connectivity index (χ0n) is 8.34. The molecule has 1 saturated heterocycles. The van der Waals surface area contributed by atoms with E-state index in [-0.39, 0.29) is 5.91 Å². The molecule has 0 saturated carbocycles. The maximum atomic E-state index is 11.3. The molecule has 0 aromatic heterocycles. The van der Waals surface area contributed by atoms with Gasteiger partial charge in [0.2, 0.25) is 5.91 Å². The highest BCUT2D eigenvalue weighted by Crippen LogP contribution is 2.04. The molecule has 1 N–H and O–H groups in total. The van der Waals surface area contributed by atoms with E-state index in [1.54, 1.807) is 4.90 Å². The first kappa shape index (κ1) is 10.0. The Hall–Kier alpha value is -1.06. The van der Waals surface area contributed by atoms with Gasteiger partial charge in [0.1, 0.15) is 0 Å². The normalized spacial score (nSPS) is 17.8. The maximum Gasteiger partial charge on any atom is 0.241 e. The maximum absolute atomic E-state index is 11.3. The standard InChI is InChI=1S/C9H17N3O/c1-3-4-8(10)12-6-5-11(2)9(13)7-12/h10H,3-7H2,1-2H3. The van der Waals surface area contributed by atoms with E-state index >= 15 is 0 Å². The predicted octanol–water partition coefficient (Wildman–Crippen LogP) is 0.538. The van der Waals surface area contributed by atoms with E-state index in [0.29, 0.717) is 12.4 Å². The van der Waals surface area contributed by atoms with E-state index in [0.717, 1.165) is 25.9 Å². The summed E-state index contributed by atoms with van der Waals surface area (Å²) in [6.45, 7) is 3.98. The van der Waals surface area contributed by atoms with Gasteiger partial charge in [0.25, 0.3) is 0 Å². The van der Waals surface area contributed by atoms with E-state index in [2.05, 4.69) is 0 Å². The van der Waals surface area contributed by atoms with Crippen molar-refractivity contribution in [3.8, 4) is 0 Å². The smallest absolute Gasteiger partial charge is 0.241 e. The molecule has 4 nitrogen and oxygen atoms in total. The van der Waals surface area contributed by atoms with Crippen molar-refractivity contribution in [1.82, 2.24) is 9.80 Å². The number of carbonyl (C=O) groups is 1. The topological polar surface area (TPSA) is 47.4 Å².